The molecule has 0 bridgehead atoms. The number of ether oxygens (including phenoxy) is 2. The second-order valence-electron chi connectivity index (χ2n) is 7.34. The van der Waals surface area contributed by atoms with E-state index in [0.29, 0.717) is 50.8 Å². The zero-order valence-corrected chi connectivity index (χ0v) is 17.1. The molecule has 10 heteroatoms. The van der Waals surface area contributed by atoms with E-state index in [1.54, 1.807) is 16.7 Å². The lowest BCUT2D eigenvalue weighted by molar-refractivity contribution is -0.0384. The van der Waals surface area contributed by atoms with Crippen LogP contribution in [0, 0.1) is 0 Å². The highest BCUT2D eigenvalue weighted by molar-refractivity contribution is 7.17. The van der Waals surface area contributed by atoms with Gasteiger partial charge in [-0.05, 0) is 26.3 Å². The molecule has 3 heterocycles. The van der Waals surface area contributed by atoms with Gasteiger partial charge in [0.1, 0.15) is 5.00 Å². The van der Waals surface area contributed by atoms with Gasteiger partial charge in [0.25, 0.3) is 0 Å². The van der Waals surface area contributed by atoms with Gasteiger partial charge in [0.05, 0.1) is 24.4 Å². The van der Waals surface area contributed by atoms with Crippen LogP contribution in [0.5, 0.6) is 0 Å². The summed E-state index contributed by atoms with van der Waals surface area (Å²) in [6, 6.07) is -0.371. The van der Waals surface area contributed by atoms with Gasteiger partial charge in [-0.3, -0.25) is 5.32 Å². The van der Waals surface area contributed by atoms with Crippen molar-refractivity contribution in [1.82, 2.24) is 9.80 Å². The molecule has 3 amide bonds. The number of aromatic carboxylic acids is 1. The second-order valence-corrected chi connectivity index (χ2v) is 8.45. The minimum absolute atomic E-state index is 0.148. The SMILES string of the molecule is CCOC(=O)N1CCN(C(=O)Nc2sc3c(c2C(=O)O)CC(C)(C)OC3)CC1. The molecule has 0 atom stereocenters. The lowest BCUT2D eigenvalue weighted by atomic mass is 9.93. The van der Waals surface area contributed by atoms with Gasteiger partial charge in [-0.25, -0.2) is 14.4 Å². The average molecular weight is 411 g/mol. The standard InChI is InChI=1S/C18H25N3O6S/c1-4-26-17(25)21-7-5-20(6-8-21)16(24)19-14-13(15(22)23)11-9-18(2,3)27-10-12(11)28-14/h4-10H2,1-3H3,(H,19,24)(H,22,23). The van der Waals surface area contributed by atoms with Gasteiger partial charge >= 0.3 is 18.1 Å². The van der Waals surface area contributed by atoms with Crippen molar-refractivity contribution in [2.24, 2.45) is 0 Å². The van der Waals surface area contributed by atoms with Crippen LogP contribution in [0.3, 0.4) is 0 Å². The predicted octanol–water partition coefficient (Wildman–Crippen LogP) is 2.60. The maximum atomic E-state index is 12.6. The molecule has 154 valence electrons. The number of nitrogens with one attached hydrogen (secondary N) is 1. The van der Waals surface area contributed by atoms with Crippen LogP contribution in [0.2, 0.25) is 0 Å². The number of piperazine rings is 1. The molecule has 2 aliphatic rings. The van der Waals surface area contributed by atoms with Crippen LogP contribution in [-0.2, 0) is 22.5 Å². The Balaban J connectivity index is 1.69. The normalized spacial score (nSPS) is 18.4. The molecular formula is C18H25N3O6S. The number of thiophene rings is 1. The minimum atomic E-state index is -1.06. The summed E-state index contributed by atoms with van der Waals surface area (Å²) in [6.45, 7) is 7.68. The largest absolute Gasteiger partial charge is 0.478 e. The Morgan fingerprint density at radius 3 is 2.46 bits per heavy atom. The van der Waals surface area contributed by atoms with Crippen molar-refractivity contribution < 1.29 is 29.0 Å². The number of rotatable bonds is 3. The number of nitrogens with zero attached hydrogens (tertiary/aromatic N) is 2. The molecule has 1 fully saturated rings. The molecule has 0 spiro atoms. The first-order chi connectivity index (χ1) is 13.2. The summed E-state index contributed by atoms with van der Waals surface area (Å²) in [6.07, 6.45) is 0.0958. The molecule has 0 aliphatic carbocycles. The van der Waals surface area contributed by atoms with Crippen LogP contribution in [0.15, 0.2) is 0 Å². The van der Waals surface area contributed by atoms with E-state index < -0.39 is 11.6 Å². The molecule has 2 aliphatic heterocycles. The lowest BCUT2D eigenvalue weighted by Crippen LogP contribution is -2.51. The zero-order valence-electron chi connectivity index (χ0n) is 16.2. The molecule has 3 rings (SSSR count). The summed E-state index contributed by atoms with van der Waals surface area (Å²) in [7, 11) is 0. The molecule has 9 nitrogen and oxygen atoms in total. The summed E-state index contributed by atoms with van der Waals surface area (Å²) in [5.41, 5.74) is 0.439. The number of hydrogen-bond acceptors (Lipinski definition) is 6. The molecule has 0 saturated carbocycles. The predicted molar refractivity (Wildman–Crippen MR) is 103 cm³/mol. The lowest BCUT2D eigenvalue weighted by Gasteiger charge is -2.33. The number of fused-ring (bicyclic) bond motifs is 1. The molecular weight excluding hydrogens is 386 g/mol. The highest BCUT2D eigenvalue weighted by atomic mass is 32.1. The number of urea groups is 1. The summed E-state index contributed by atoms with van der Waals surface area (Å²) in [4.78, 5) is 40.2. The Hall–Kier alpha value is -2.33. The van der Waals surface area contributed by atoms with Crippen LogP contribution in [0.4, 0.5) is 14.6 Å². The van der Waals surface area contributed by atoms with Gasteiger partial charge in [-0.2, -0.15) is 0 Å². The molecule has 0 unspecified atom stereocenters. The highest BCUT2D eigenvalue weighted by Gasteiger charge is 2.34. The molecule has 1 aromatic heterocycles. The highest BCUT2D eigenvalue weighted by Crippen LogP contribution is 2.40. The molecule has 2 N–H and O–H groups in total. The van der Waals surface area contributed by atoms with E-state index in [2.05, 4.69) is 5.32 Å². The van der Waals surface area contributed by atoms with Gasteiger partial charge in [0.15, 0.2) is 0 Å². The van der Waals surface area contributed by atoms with Gasteiger partial charge < -0.3 is 24.4 Å². The van der Waals surface area contributed by atoms with Gasteiger partial charge in [-0.1, -0.05) is 0 Å². The van der Waals surface area contributed by atoms with Crippen molar-refractivity contribution in [2.45, 2.75) is 39.4 Å². The number of amides is 3. The first-order valence-corrected chi connectivity index (χ1v) is 10.0. The summed E-state index contributed by atoms with van der Waals surface area (Å²) in [5, 5.41) is 12.8. The third-order valence-corrected chi connectivity index (χ3v) is 5.94. The van der Waals surface area contributed by atoms with Gasteiger partial charge in [0.2, 0.25) is 0 Å². The third kappa shape index (κ3) is 4.22. The van der Waals surface area contributed by atoms with E-state index in [4.69, 9.17) is 9.47 Å². The smallest absolute Gasteiger partial charge is 0.409 e. The number of carbonyl (C=O) groups is 3. The molecule has 0 aromatic carbocycles. The molecule has 1 saturated heterocycles. The maximum Gasteiger partial charge on any atom is 0.409 e. The van der Waals surface area contributed by atoms with Crippen LogP contribution < -0.4 is 5.32 Å². The monoisotopic (exact) mass is 411 g/mol. The van der Waals surface area contributed by atoms with E-state index in [9.17, 15) is 19.5 Å². The topological polar surface area (TPSA) is 108 Å². The first kappa shape index (κ1) is 20.4. The number of carboxylic acid groups (broad SMARTS) is 1. The average Bonchev–Trinajstić information content (AvgIpc) is 2.98. The summed E-state index contributed by atoms with van der Waals surface area (Å²) < 4.78 is 10.7. The summed E-state index contributed by atoms with van der Waals surface area (Å²) >= 11 is 1.25. The van der Waals surface area contributed by atoms with Crippen LogP contribution >= 0.6 is 11.3 Å². The number of carbonyl (C=O) groups excluding carboxylic acids is 2. The van der Waals surface area contributed by atoms with Crippen molar-refractivity contribution in [2.75, 3.05) is 38.1 Å². The fraction of sp³-hybridized carbons (Fsp3) is 0.611. The Kier molecular flexibility index (Phi) is 5.80. The number of carboxylic acids is 1. The van der Waals surface area contributed by atoms with Crippen molar-refractivity contribution in [3.63, 3.8) is 0 Å². The van der Waals surface area contributed by atoms with Gasteiger partial charge in [0, 0.05) is 37.5 Å². The number of hydrogen-bond donors (Lipinski definition) is 2. The third-order valence-electron chi connectivity index (χ3n) is 4.81. The number of anilines is 1. The zero-order chi connectivity index (χ0) is 20.5. The quantitative estimate of drug-likeness (QED) is 0.791. The van der Waals surface area contributed by atoms with E-state index in [0.717, 1.165) is 10.4 Å². The van der Waals surface area contributed by atoms with Gasteiger partial charge in [-0.15, -0.1) is 11.3 Å². The molecule has 1 aromatic rings. The van der Waals surface area contributed by atoms with E-state index in [1.165, 1.54) is 11.3 Å². The Morgan fingerprint density at radius 2 is 1.86 bits per heavy atom. The molecule has 0 radical (unpaired) electrons. The molecule has 28 heavy (non-hydrogen) atoms. The van der Waals surface area contributed by atoms with E-state index in [1.807, 2.05) is 13.8 Å². The minimum Gasteiger partial charge on any atom is -0.478 e. The Bertz CT molecular complexity index is 783. The fourth-order valence-electron chi connectivity index (χ4n) is 3.35. The maximum absolute atomic E-state index is 12.6. The summed E-state index contributed by atoms with van der Waals surface area (Å²) in [5.74, 6) is -1.06. The van der Waals surface area contributed by atoms with Crippen LogP contribution in [-0.4, -0.2) is 71.4 Å². The van der Waals surface area contributed by atoms with Crippen molar-refractivity contribution in [3.8, 4) is 0 Å². The van der Waals surface area contributed by atoms with E-state index >= 15 is 0 Å². The fourth-order valence-corrected chi connectivity index (χ4v) is 4.46. The van der Waals surface area contributed by atoms with Crippen molar-refractivity contribution in [1.29, 1.82) is 0 Å². The van der Waals surface area contributed by atoms with Crippen molar-refractivity contribution in [3.05, 3.63) is 16.0 Å². The van der Waals surface area contributed by atoms with Crippen LogP contribution in [0.25, 0.3) is 0 Å². The van der Waals surface area contributed by atoms with E-state index in [-0.39, 0.29) is 17.7 Å². The van der Waals surface area contributed by atoms with Crippen molar-refractivity contribution >= 4 is 34.4 Å². The second kappa shape index (κ2) is 7.96. The van der Waals surface area contributed by atoms with Crippen LogP contribution in [0.1, 0.15) is 41.6 Å². The Morgan fingerprint density at radius 1 is 1.21 bits per heavy atom. The Labute approximate surface area is 167 Å². The first-order valence-electron chi connectivity index (χ1n) is 9.21.